The van der Waals surface area contributed by atoms with Crippen LogP contribution in [0.4, 0.5) is 0 Å². The molecule has 0 aliphatic carbocycles. The maximum atomic E-state index is 12.2. The average Bonchev–Trinajstić information content (AvgIpc) is 3.36. The number of carbonyl (C=O) groups excluding carboxylic acids is 1. The summed E-state index contributed by atoms with van der Waals surface area (Å²) >= 11 is 0. The number of phenols is 1. The molecule has 0 fully saturated rings. The first kappa shape index (κ1) is 25.1. The lowest BCUT2D eigenvalue weighted by atomic mass is 9.91. The highest BCUT2D eigenvalue weighted by molar-refractivity contribution is 5.87. The summed E-state index contributed by atoms with van der Waals surface area (Å²) < 4.78 is 12.0. The number of fused-ring (bicyclic) bond motifs is 1. The molecule has 0 saturated carbocycles. The number of ether oxygens (including phenoxy) is 2. The summed E-state index contributed by atoms with van der Waals surface area (Å²) in [5.74, 6) is 0.691. The summed E-state index contributed by atoms with van der Waals surface area (Å²) in [5, 5.41) is 19.7. The number of para-hydroxylation sites is 1. The van der Waals surface area contributed by atoms with Crippen LogP contribution in [0.25, 0.3) is 27.6 Å². The van der Waals surface area contributed by atoms with Gasteiger partial charge in [0.25, 0.3) is 0 Å². The van der Waals surface area contributed by atoms with Gasteiger partial charge in [-0.25, -0.2) is 0 Å². The SMILES string of the molecule is COc1cccc(C2=C(NC(C)=O)OC(c3ccc(-c4ccc5ccccc5c4)cc3)(c3ccccc3O)N2)c1. The van der Waals surface area contributed by atoms with Crippen LogP contribution in [-0.2, 0) is 15.3 Å². The normalized spacial score (nSPS) is 16.4. The molecule has 0 bridgehead atoms. The summed E-state index contributed by atoms with van der Waals surface area (Å²) in [7, 11) is 1.60. The van der Waals surface area contributed by atoms with E-state index >= 15 is 0 Å². The van der Waals surface area contributed by atoms with E-state index in [-0.39, 0.29) is 17.5 Å². The van der Waals surface area contributed by atoms with Crippen LogP contribution in [0, 0.1) is 0 Å². The van der Waals surface area contributed by atoms with Crippen LogP contribution in [0.15, 0.2) is 121 Å². The van der Waals surface area contributed by atoms with Crippen molar-refractivity contribution in [1.29, 1.82) is 0 Å². The Kier molecular flexibility index (Phi) is 6.36. The van der Waals surface area contributed by atoms with Gasteiger partial charge < -0.3 is 19.9 Å². The topological polar surface area (TPSA) is 79.8 Å². The van der Waals surface area contributed by atoms with Crippen LogP contribution in [0.1, 0.15) is 23.6 Å². The third-order valence-electron chi connectivity index (χ3n) is 7.09. The highest BCUT2D eigenvalue weighted by Gasteiger charge is 2.46. The zero-order valence-electron chi connectivity index (χ0n) is 22.1. The first-order chi connectivity index (χ1) is 19.5. The Labute approximate surface area is 232 Å². The van der Waals surface area contributed by atoms with Crippen molar-refractivity contribution in [3.8, 4) is 22.6 Å². The smallest absolute Gasteiger partial charge is 0.239 e. The molecule has 3 N–H and O–H groups in total. The van der Waals surface area contributed by atoms with Gasteiger partial charge in [-0.1, -0.05) is 84.9 Å². The third kappa shape index (κ3) is 4.50. The van der Waals surface area contributed by atoms with Gasteiger partial charge in [0.1, 0.15) is 17.2 Å². The van der Waals surface area contributed by atoms with Gasteiger partial charge in [0.05, 0.1) is 12.7 Å². The van der Waals surface area contributed by atoms with Crippen molar-refractivity contribution in [1.82, 2.24) is 10.6 Å². The predicted molar refractivity (Wildman–Crippen MR) is 156 cm³/mol. The summed E-state index contributed by atoms with van der Waals surface area (Å²) in [6, 6.07) is 37.2. The molecule has 5 aromatic rings. The maximum absolute atomic E-state index is 12.2. The van der Waals surface area contributed by atoms with Crippen LogP contribution < -0.4 is 15.4 Å². The molecular weight excluding hydrogens is 500 g/mol. The van der Waals surface area contributed by atoms with E-state index in [1.54, 1.807) is 25.3 Å². The van der Waals surface area contributed by atoms with E-state index in [1.165, 1.54) is 17.7 Å². The van der Waals surface area contributed by atoms with Crippen LogP contribution in [0.2, 0.25) is 0 Å². The molecule has 0 radical (unpaired) electrons. The molecule has 6 nitrogen and oxygen atoms in total. The lowest BCUT2D eigenvalue weighted by molar-refractivity contribution is -0.119. The summed E-state index contributed by atoms with van der Waals surface area (Å²) in [5.41, 5.74) is 3.40. The number of nitrogens with one attached hydrogen (secondary N) is 2. The van der Waals surface area contributed by atoms with Crippen LogP contribution in [0.5, 0.6) is 11.5 Å². The average molecular weight is 529 g/mol. The van der Waals surface area contributed by atoms with E-state index in [0.29, 0.717) is 17.0 Å². The van der Waals surface area contributed by atoms with Gasteiger partial charge >= 0.3 is 0 Å². The van der Waals surface area contributed by atoms with Crippen molar-refractivity contribution in [3.05, 3.63) is 138 Å². The Hall–Kier alpha value is -5.23. The van der Waals surface area contributed by atoms with Gasteiger partial charge in [0, 0.05) is 18.1 Å². The molecular formula is C34H28N2O4. The van der Waals surface area contributed by atoms with E-state index in [9.17, 15) is 9.90 Å². The molecule has 6 rings (SSSR count). The molecule has 1 unspecified atom stereocenters. The minimum atomic E-state index is -1.32. The molecule has 1 aliphatic rings. The first-order valence-electron chi connectivity index (χ1n) is 13.0. The highest BCUT2D eigenvalue weighted by atomic mass is 16.5. The second-order valence-electron chi connectivity index (χ2n) is 9.68. The van der Waals surface area contributed by atoms with Gasteiger partial charge in [-0.05, 0) is 52.2 Å². The lowest BCUT2D eigenvalue weighted by Gasteiger charge is -2.32. The van der Waals surface area contributed by atoms with Gasteiger partial charge in [-0.15, -0.1) is 0 Å². The molecule has 40 heavy (non-hydrogen) atoms. The van der Waals surface area contributed by atoms with E-state index in [2.05, 4.69) is 41.0 Å². The molecule has 0 aromatic heterocycles. The molecule has 6 heteroatoms. The van der Waals surface area contributed by atoms with Crippen molar-refractivity contribution in [2.45, 2.75) is 12.6 Å². The zero-order valence-corrected chi connectivity index (χ0v) is 22.1. The van der Waals surface area contributed by atoms with Crippen molar-refractivity contribution in [3.63, 3.8) is 0 Å². The van der Waals surface area contributed by atoms with Crippen LogP contribution >= 0.6 is 0 Å². The fourth-order valence-electron chi connectivity index (χ4n) is 5.14. The minimum Gasteiger partial charge on any atom is -0.507 e. The summed E-state index contributed by atoms with van der Waals surface area (Å²) in [4.78, 5) is 12.2. The molecule has 198 valence electrons. The number of carbonyl (C=O) groups is 1. The van der Waals surface area contributed by atoms with Gasteiger partial charge in [-0.2, -0.15) is 0 Å². The summed E-state index contributed by atoms with van der Waals surface area (Å²) in [6.45, 7) is 1.43. The number of benzene rings is 5. The third-order valence-corrected chi connectivity index (χ3v) is 7.09. The van der Waals surface area contributed by atoms with Gasteiger partial charge in [0.15, 0.2) is 0 Å². The van der Waals surface area contributed by atoms with E-state index < -0.39 is 5.72 Å². The molecule has 5 aromatic carbocycles. The monoisotopic (exact) mass is 528 g/mol. The number of phenolic OH excluding ortho intramolecular Hbond substituents is 1. The fraction of sp³-hybridized carbons (Fsp3) is 0.0882. The summed E-state index contributed by atoms with van der Waals surface area (Å²) in [6.07, 6.45) is 0. The number of amides is 1. The Morgan fingerprint density at radius 1 is 0.800 bits per heavy atom. The Morgan fingerprint density at radius 3 is 2.27 bits per heavy atom. The zero-order chi connectivity index (χ0) is 27.7. The molecule has 0 saturated heterocycles. The van der Waals surface area contributed by atoms with Gasteiger partial charge in [0.2, 0.25) is 17.5 Å². The highest BCUT2D eigenvalue weighted by Crippen LogP contribution is 2.45. The maximum Gasteiger partial charge on any atom is 0.239 e. The van der Waals surface area contributed by atoms with Crippen molar-refractivity contribution in [2.24, 2.45) is 0 Å². The quantitative estimate of drug-likeness (QED) is 0.234. The first-order valence-corrected chi connectivity index (χ1v) is 13.0. The van der Waals surface area contributed by atoms with Crippen molar-refractivity contribution in [2.75, 3.05) is 7.11 Å². The largest absolute Gasteiger partial charge is 0.507 e. The second kappa shape index (κ2) is 10.2. The minimum absolute atomic E-state index is 0.0580. The van der Waals surface area contributed by atoms with E-state index in [0.717, 1.165) is 22.3 Å². The number of hydrogen-bond donors (Lipinski definition) is 3. The number of hydrogen-bond acceptors (Lipinski definition) is 5. The lowest BCUT2D eigenvalue weighted by Crippen LogP contribution is -2.40. The Bertz CT molecular complexity index is 1760. The standard InChI is InChI=1S/C34H28N2O4/c1-22(37)35-33-32(27-10-7-11-29(21-27)39-2)36-34(40-33,30-12-5-6-13-31(30)38)28-18-16-24(17-19-28)26-15-14-23-8-3-4-9-25(23)20-26/h3-21,36,38H,1-2H3,(H,35,37). The molecule has 1 aliphatic heterocycles. The van der Waals surface area contributed by atoms with Crippen molar-refractivity contribution >= 4 is 22.4 Å². The predicted octanol–water partition coefficient (Wildman–Crippen LogP) is 6.50. The molecule has 1 amide bonds. The number of aromatic hydroxyl groups is 1. The fourth-order valence-corrected chi connectivity index (χ4v) is 5.14. The molecule has 1 atom stereocenters. The number of methoxy groups -OCH3 is 1. The van der Waals surface area contributed by atoms with E-state index in [1.807, 2.05) is 66.7 Å². The second-order valence-corrected chi connectivity index (χ2v) is 9.68. The molecule has 0 spiro atoms. The molecule has 1 heterocycles. The van der Waals surface area contributed by atoms with E-state index in [4.69, 9.17) is 9.47 Å². The van der Waals surface area contributed by atoms with Gasteiger partial charge in [-0.3, -0.25) is 10.1 Å². The van der Waals surface area contributed by atoms with Crippen molar-refractivity contribution < 1.29 is 19.4 Å². The number of rotatable bonds is 6. The Morgan fingerprint density at radius 2 is 1.52 bits per heavy atom. The van der Waals surface area contributed by atoms with Crippen LogP contribution in [-0.4, -0.2) is 18.1 Å². The van der Waals surface area contributed by atoms with Crippen LogP contribution in [0.3, 0.4) is 0 Å². The Balaban J connectivity index is 1.46.